The van der Waals surface area contributed by atoms with Crippen molar-refractivity contribution < 1.29 is 9.53 Å². The molecule has 1 unspecified atom stereocenters. The molecule has 1 atom stereocenters. The third kappa shape index (κ3) is 4.30. The zero-order valence-corrected chi connectivity index (χ0v) is 19.4. The van der Waals surface area contributed by atoms with Crippen LogP contribution in [-0.4, -0.2) is 45.3 Å². The molecule has 3 aliphatic rings. The number of benzene rings is 2. The fraction of sp³-hybridized carbons (Fsp3) is 0.393. The lowest BCUT2D eigenvalue weighted by Gasteiger charge is -2.34. The molecule has 0 bridgehead atoms. The van der Waals surface area contributed by atoms with E-state index in [1.807, 2.05) is 12.1 Å². The third-order valence-corrected chi connectivity index (χ3v) is 7.86. The van der Waals surface area contributed by atoms with Gasteiger partial charge in [0.15, 0.2) is 0 Å². The number of rotatable bonds is 5. The predicted molar refractivity (Wildman–Crippen MR) is 129 cm³/mol. The molecule has 1 amide bonds. The van der Waals surface area contributed by atoms with Gasteiger partial charge in [0.2, 0.25) is 5.91 Å². The topological polar surface area (TPSA) is 58.6 Å². The molecule has 1 saturated carbocycles. The van der Waals surface area contributed by atoms with Gasteiger partial charge in [-0.15, -0.1) is 0 Å². The first-order chi connectivity index (χ1) is 16.7. The summed E-state index contributed by atoms with van der Waals surface area (Å²) >= 11 is 0. The van der Waals surface area contributed by atoms with E-state index in [4.69, 9.17) is 4.74 Å². The van der Waals surface area contributed by atoms with Gasteiger partial charge in [-0.3, -0.25) is 9.69 Å². The first kappa shape index (κ1) is 21.3. The van der Waals surface area contributed by atoms with E-state index in [-0.39, 0.29) is 11.3 Å². The molecule has 0 radical (unpaired) electrons. The molecule has 6 nitrogen and oxygen atoms in total. The Bertz CT molecular complexity index is 1160. The summed E-state index contributed by atoms with van der Waals surface area (Å²) in [4.78, 5) is 26.1. The lowest BCUT2D eigenvalue weighted by Crippen LogP contribution is -2.40. The number of amides is 1. The average Bonchev–Trinajstić information content (AvgIpc) is 3.59. The van der Waals surface area contributed by atoms with E-state index in [1.165, 1.54) is 16.7 Å². The van der Waals surface area contributed by atoms with E-state index in [0.717, 1.165) is 64.2 Å². The highest BCUT2D eigenvalue weighted by Crippen LogP contribution is 2.60. The normalized spacial score (nSPS) is 21.2. The van der Waals surface area contributed by atoms with Crippen molar-refractivity contribution in [3.63, 3.8) is 0 Å². The van der Waals surface area contributed by atoms with Crippen LogP contribution in [-0.2, 0) is 24.3 Å². The van der Waals surface area contributed by atoms with Gasteiger partial charge in [0.25, 0.3) is 0 Å². The second kappa shape index (κ2) is 8.84. The minimum Gasteiger partial charge on any atom is -0.424 e. The quantitative estimate of drug-likeness (QED) is 0.570. The average molecular weight is 455 g/mol. The maximum absolute atomic E-state index is 13.3. The number of aromatic nitrogens is 2. The van der Waals surface area contributed by atoms with E-state index in [0.29, 0.717) is 11.9 Å². The van der Waals surface area contributed by atoms with Crippen LogP contribution in [0.25, 0.3) is 0 Å². The smallest absolute Gasteiger partial charge is 0.321 e. The van der Waals surface area contributed by atoms with Crippen molar-refractivity contribution >= 4 is 5.91 Å². The van der Waals surface area contributed by atoms with Crippen LogP contribution < -0.4 is 4.74 Å². The molecule has 1 saturated heterocycles. The Morgan fingerprint density at radius 1 is 0.941 bits per heavy atom. The zero-order valence-electron chi connectivity index (χ0n) is 19.4. The summed E-state index contributed by atoms with van der Waals surface area (Å²) in [5, 5.41) is 0. The Morgan fingerprint density at radius 2 is 1.68 bits per heavy atom. The van der Waals surface area contributed by atoms with Crippen LogP contribution in [0, 0.1) is 11.3 Å². The van der Waals surface area contributed by atoms with Crippen LogP contribution in [0.5, 0.6) is 11.8 Å². The van der Waals surface area contributed by atoms with Crippen LogP contribution in [0.15, 0.2) is 67.0 Å². The number of piperidine rings is 1. The monoisotopic (exact) mass is 454 g/mol. The molecule has 2 aliphatic heterocycles. The highest BCUT2D eigenvalue weighted by atomic mass is 16.5. The molecule has 1 spiro atoms. The van der Waals surface area contributed by atoms with Crippen molar-refractivity contribution in [3.05, 3.63) is 83.7 Å². The van der Waals surface area contributed by atoms with Crippen molar-refractivity contribution in [1.82, 2.24) is 19.8 Å². The maximum Gasteiger partial charge on any atom is 0.321 e. The van der Waals surface area contributed by atoms with Crippen molar-refractivity contribution in [2.75, 3.05) is 19.6 Å². The minimum atomic E-state index is 0.233. The molecule has 0 N–H and O–H groups in total. The van der Waals surface area contributed by atoms with Gasteiger partial charge in [-0.25, -0.2) is 9.97 Å². The standard InChI is InChI=1S/C28H30N4O2/c33-26(32-15-10-22-4-1-2-5-23(22)20-32)25-18-28(25)11-16-31(17-12-28)19-21-6-8-24(9-7-21)34-27-29-13-3-14-30-27/h1-9,13-14,25H,10-12,15-20H2. The minimum absolute atomic E-state index is 0.233. The molecule has 2 fully saturated rings. The number of carbonyl (C=O) groups excluding carboxylic acids is 1. The van der Waals surface area contributed by atoms with Crippen LogP contribution >= 0.6 is 0 Å². The summed E-state index contributed by atoms with van der Waals surface area (Å²) in [6.45, 7) is 4.69. The fourth-order valence-electron chi connectivity index (χ4n) is 5.67. The summed E-state index contributed by atoms with van der Waals surface area (Å²) < 4.78 is 5.69. The Balaban J connectivity index is 0.999. The molecule has 1 aliphatic carbocycles. The first-order valence-corrected chi connectivity index (χ1v) is 12.3. The Hall–Kier alpha value is -3.25. The van der Waals surface area contributed by atoms with Gasteiger partial charge >= 0.3 is 6.01 Å². The second-order valence-electron chi connectivity index (χ2n) is 9.95. The highest BCUT2D eigenvalue weighted by molar-refractivity contribution is 5.83. The van der Waals surface area contributed by atoms with E-state index < -0.39 is 0 Å². The van der Waals surface area contributed by atoms with E-state index in [1.54, 1.807) is 18.5 Å². The Labute approximate surface area is 200 Å². The molecular formula is C28H30N4O2. The number of nitrogens with zero attached hydrogens (tertiary/aromatic N) is 4. The maximum atomic E-state index is 13.3. The van der Waals surface area contributed by atoms with Gasteiger partial charge < -0.3 is 9.64 Å². The van der Waals surface area contributed by atoms with Crippen molar-refractivity contribution in [2.24, 2.45) is 11.3 Å². The summed E-state index contributed by atoms with van der Waals surface area (Å²) in [6, 6.07) is 18.9. The molecule has 1 aromatic heterocycles. The lowest BCUT2D eigenvalue weighted by atomic mass is 9.90. The van der Waals surface area contributed by atoms with E-state index >= 15 is 0 Å². The number of carbonyl (C=O) groups is 1. The van der Waals surface area contributed by atoms with Gasteiger partial charge in [0.1, 0.15) is 5.75 Å². The van der Waals surface area contributed by atoms with E-state index in [2.05, 4.69) is 56.2 Å². The Morgan fingerprint density at radius 3 is 2.44 bits per heavy atom. The Kier molecular flexibility index (Phi) is 5.53. The van der Waals surface area contributed by atoms with Crippen LogP contribution in [0.2, 0.25) is 0 Å². The van der Waals surface area contributed by atoms with Gasteiger partial charge in [-0.05, 0) is 79.1 Å². The molecule has 6 heteroatoms. The van der Waals surface area contributed by atoms with Gasteiger partial charge in [0, 0.05) is 37.9 Å². The van der Waals surface area contributed by atoms with Gasteiger partial charge in [0.05, 0.1) is 0 Å². The number of ether oxygens (including phenoxy) is 1. The summed E-state index contributed by atoms with van der Waals surface area (Å²) in [5.41, 5.74) is 4.24. The zero-order chi connectivity index (χ0) is 23.0. The summed E-state index contributed by atoms with van der Waals surface area (Å²) in [6.07, 6.45) is 7.65. The summed E-state index contributed by atoms with van der Waals surface area (Å²) in [7, 11) is 0. The largest absolute Gasteiger partial charge is 0.424 e. The van der Waals surface area contributed by atoms with Crippen molar-refractivity contribution in [2.45, 2.75) is 38.8 Å². The number of fused-ring (bicyclic) bond motifs is 1. The molecule has 6 rings (SSSR count). The SMILES string of the molecule is O=C(C1CC12CCN(Cc1ccc(Oc3ncccn3)cc1)CC2)N1CCc2ccccc2C1. The molecular weight excluding hydrogens is 424 g/mol. The first-order valence-electron chi connectivity index (χ1n) is 12.3. The van der Waals surface area contributed by atoms with Crippen molar-refractivity contribution in [1.29, 1.82) is 0 Å². The number of hydrogen-bond donors (Lipinski definition) is 0. The molecule has 2 aromatic carbocycles. The number of hydrogen-bond acceptors (Lipinski definition) is 5. The molecule has 174 valence electrons. The third-order valence-electron chi connectivity index (χ3n) is 7.86. The second-order valence-corrected chi connectivity index (χ2v) is 9.95. The summed E-state index contributed by atoms with van der Waals surface area (Å²) in [5.74, 6) is 1.37. The van der Waals surface area contributed by atoms with E-state index in [9.17, 15) is 4.79 Å². The molecule has 34 heavy (non-hydrogen) atoms. The molecule has 3 heterocycles. The highest BCUT2D eigenvalue weighted by Gasteiger charge is 2.59. The van der Waals surface area contributed by atoms with Crippen LogP contribution in [0.4, 0.5) is 0 Å². The van der Waals surface area contributed by atoms with Gasteiger partial charge in [-0.2, -0.15) is 0 Å². The van der Waals surface area contributed by atoms with Crippen LogP contribution in [0.1, 0.15) is 36.0 Å². The molecule has 3 aromatic rings. The fourth-order valence-corrected chi connectivity index (χ4v) is 5.67. The number of likely N-dealkylation sites (tertiary alicyclic amines) is 1. The lowest BCUT2D eigenvalue weighted by molar-refractivity contribution is -0.134. The van der Waals surface area contributed by atoms with Crippen molar-refractivity contribution in [3.8, 4) is 11.8 Å². The predicted octanol–water partition coefficient (Wildman–Crippen LogP) is 4.46. The van der Waals surface area contributed by atoms with Crippen LogP contribution in [0.3, 0.4) is 0 Å². The van der Waals surface area contributed by atoms with Gasteiger partial charge in [-0.1, -0.05) is 36.4 Å².